The molecule has 1 atom stereocenters. The van der Waals surface area contributed by atoms with Gasteiger partial charge >= 0.3 is 0 Å². The molecule has 0 amide bonds. The zero-order valence-corrected chi connectivity index (χ0v) is 5.15. The molecule has 1 radical (unpaired) electrons. The second kappa shape index (κ2) is 2.30. The minimum absolute atomic E-state index is 0.0806. The van der Waals surface area contributed by atoms with Crippen LogP contribution in [0.5, 0.6) is 0 Å². The van der Waals surface area contributed by atoms with Crippen LogP contribution in [0.15, 0.2) is 36.3 Å². The first kappa shape index (κ1) is 1.97. The molecule has 49 valence electrons. The van der Waals surface area contributed by atoms with E-state index in [0.29, 0.717) is 0 Å². The lowest BCUT2D eigenvalue weighted by molar-refractivity contribution is 1.19. The quantitative estimate of drug-likeness (QED) is 0.513. The summed E-state index contributed by atoms with van der Waals surface area (Å²) in [5.74, 6) is 0. The highest BCUT2D eigenvalue weighted by Gasteiger charge is 2.01. The van der Waals surface area contributed by atoms with E-state index in [-0.39, 0.29) is 41.4 Å². The number of fused-ring (bicyclic) bond motifs is 1. The molecule has 0 aromatic heterocycles. The third-order valence-corrected chi connectivity index (χ3v) is 1.26. The van der Waals surface area contributed by atoms with Crippen molar-refractivity contribution in [2.75, 3.05) is 0 Å². The summed E-state index contributed by atoms with van der Waals surface area (Å²) in [6.07, 6.45) is 0.00407. The van der Waals surface area contributed by atoms with E-state index < -0.39 is 12.4 Å². The molecule has 1 aromatic rings. The number of hydrogen-bond donors (Lipinski definition) is 0. The van der Waals surface area contributed by atoms with Gasteiger partial charge in [-0.1, -0.05) is 36.3 Å². The summed E-state index contributed by atoms with van der Waals surface area (Å²) in [7, 11) is 0. The molecule has 1 aliphatic carbocycles. The van der Waals surface area contributed by atoms with Gasteiger partial charge in [0.05, 0.1) is 8.22 Å². The predicted octanol–water partition coefficient (Wildman–Crippen LogP) is 2.35. The molecule has 0 heterocycles. The fourth-order valence-corrected chi connectivity index (χ4v) is 0.787. The molecule has 1 unspecified atom stereocenters. The number of allylic oxidation sites excluding steroid dienone is 2. The van der Waals surface area contributed by atoms with Gasteiger partial charge in [0, 0.05) is 7.79 Å². The lowest BCUT2D eigenvalue weighted by Gasteiger charge is -2.08. The molecule has 1 aromatic carbocycles. The number of rotatable bonds is 0. The maximum absolute atomic E-state index is 7.76. The van der Waals surface area contributed by atoms with Crippen LogP contribution in [0, 0.1) is 6.42 Å². The van der Waals surface area contributed by atoms with Crippen LogP contribution in [0.4, 0.5) is 0 Å². The topological polar surface area (TPSA) is 0 Å². The maximum Gasteiger partial charge on any atom is 0.0626 e. The van der Waals surface area contributed by atoms with E-state index in [2.05, 4.69) is 0 Å². The van der Waals surface area contributed by atoms with Gasteiger partial charge in [0.15, 0.2) is 0 Å². The Morgan fingerprint density at radius 1 is 1.40 bits per heavy atom. The third kappa shape index (κ3) is 0.860. The molecule has 0 fully saturated rings. The van der Waals surface area contributed by atoms with Crippen molar-refractivity contribution in [1.82, 2.24) is 0 Å². The van der Waals surface area contributed by atoms with Crippen molar-refractivity contribution in [2.24, 2.45) is 0 Å². The molecule has 0 saturated carbocycles. The molecule has 0 heteroatoms. The summed E-state index contributed by atoms with van der Waals surface area (Å²) in [6.45, 7) is 0. The fraction of sp³-hybridized carbons (Fsp3) is 0.100. The highest BCUT2D eigenvalue weighted by molar-refractivity contribution is 5.40. The van der Waals surface area contributed by atoms with Crippen LogP contribution in [-0.2, 0) is 6.40 Å². The fourth-order valence-electron chi connectivity index (χ4n) is 0.787. The van der Waals surface area contributed by atoms with Crippen molar-refractivity contribution >= 4 is 0 Å². The van der Waals surface area contributed by atoms with E-state index in [1.807, 2.05) is 0 Å². The second-order valence-corrected chi connectivity index (χ2v) is 1.90. The van der Waals surface area contributed by atoms with E-state index in [1.165, 1.54) is 6.42 Å². The Balaban J connectivity index is 2.78. The maximum atomic E-state index is 7.76. The van der Waals surface area contributed by atoms with Crippen LogP contribution < -0.4 is 0 Å². The van der Waals surface area contributed by atoms with E-state index in [4.69, 9.17) is 9.60 Å². The van der Waals surface area contributed by atoms with Crippen molar-refractivity contribution < 1.29 is 9.60 Å². The largest absolute Gasteiger partial charge is 0.0835 e. The normalized spacial score (nSPS) is 34.0. The lowest BCUT2D eigenvalue weighted by Crippen LogP contribution is -1.93. The Morgan fingerprint density at radius 3 is 3.30 bits per heavy atom. The molecular weight excluding hydrogens is 120 g/mol. The lowest BCUT2D eigenvalue weighted by atomic mass is 9.97. The van der Waals surface area contributed by atoms with Crippen LogP contribution in [0.1, 0.15) is 20.7 Å². The third-order valence-electron chi connectivity index (χ3n) is 1.26. The molecule has 0 spiro atoms. The Kier molecular flexibility index (Phi) is 0.453. The van der Waals surface area contributed by atoms with Gasteiger partial charge in [0.1, 0.15) is 0 Å². The van der Waals surface area contributed by atoms with Gasteiger partial charge in [-0.15, -0.1) is 0 Å². The first-order valence-corrected chi connectivity index (χ1v) is 2.90. The standard InChI is InChI=1S/C10H9/c1-2-6-10-8-4-3-7-9(10)5-1/h1-7H,8H2/i1D,2D,3D,4D,5D,6D,8D. The first-order valence-electron chi connectivity index (χ1n) is 6.48. The Bertz CT molecular complexity index is 532. The summed E-state index contributed by atoms with van der Waals surface area (Å²) in [5, 5.41) is 0. The molecule has 0 aliphatic heterocycles. The summed E-state index contributed by atoms with van der Waals surface area (Å²) in [6, 6.07) is -1.76. The van der Waals surface area contributed by atoms with Crippen molar-refractivity contribution in [1.29, 1.82) is 0 Å². The van der Waals surface area contributed by atoms with E-state index in [1.54, 1.807) is 0 Å². The van der Waals surface area contributed by atoms with E-state index in [0.717, 1.165) is 0 Å². The minimum Gasteiger partial charge on any atom is -0.0835 e. The highest BCUT2D eigenvalue weighted by atomic mass is 14.1. The summed E-state index contributed by atoms with van der Waals surface area (Å²) in [5.41, 5.74) is 0.231. The van der Waals surface area contributed by atoms with E-state index >= 15 is 0 Å². The molecule has 1 aliphatic rings. The molecule has 2 rings (SSSR count). The smallest absolute Gasteiger partial charge is 0.0626 e. The Hall–Kier alpha value is -1.04. The Labute approximate surface area is 71.0 Å². The molecule has 0 saturated heterocycles. The van der Waals surface area contributed by atoms with Crippen LogP contribution >= 0.6 is 0 Å². The molecule has 0 N–H and O–H groups in total. The molecule has 0 bridgehead atoms. The van der Waals surface area contributed by atoms with Crippen LogP contribution in [0.25, 0.3) is 0 Å². The monoisotopic (exact) mass is 136 g/mol. The molecule has 0 nitrogen and oxygen atoms in total. The van der Waals surface area contributed by atoms with Gasteiger partial charge in [-0.05, 0) is 17.5 Å². The molecular formula is C10H9. The van der Waals surface area contributed by atoms with Crippen LogP contribution in [0.3, 0.4) is 0 Å². The number of hydrogen-bond acceptors (Lipinski definition) is 0. The van der Waals surface area contributed by atoms with Crippen LogP contribution in [0.2, 0.25) is 0 Å². The van der Waals surface area contributed by atoms with Crippen LogP contribution in [-0.4, -0.2) is 0 Å². The second-order valence-electron chi connectivity index (χ2n) is 1.90. The van der Waals surface area contributed by atoms with Crippen molar-refractivity contribution in [3.05, 3.63) is 53.8 Å². The molecule has 10 heavy (non-hydrogen) atoms. The van der Waals surface area contributed by atoms with Gasteiger partial charge in [-0.2, -0.15) is 0 Å². The highest BCUT2D eigenvalue weighted by Crippen LogP contribution is 2.16. The van der Waals surface area contributed by atoms with Gasteiger partial charge < -0.3 is 0 Å². The summed E-state index contributed by atoms with van der Waals surface area (Å²) in [4.78, 5) is 0. The van der Waals surface area contributed by atoms with E-state index in [9.17, 15) is 0 Å². The van der Waals surface area contributed by atoms with Crippen molar-refractivity contribution in [3.8, 4) is 0 Å². The van der Waals surface area contributed by atoms with Gasteiger partial charge in [0.25, 0.3) is 0 Å². The number of benzene rings is 1. The first-order chi connectivity index (χ1) is 7.86. The van der Waals surface area contributed by atoms with Gasteiger partial charge in [0.2, 0.25) is 0 Å². The zero-order valence-electron chi connectivity index (χ0n) is 12.2. The SMILES string of the molecule is [2H]C1=C([2H])C([2H])c2c([2H])c([2H])c([2H])c([2H])c2[CH]1. The predicted molar refractivity (Wildman–Crippen MR) is 42.7 cm³/mol. The zero-order chi connectivity index (χ0) is 12.9. The average Bonchev–Trinajstić information content (AvgIpc) is 2.30. The summed E-state index contributed by atoms with van der Waals surface area (Å²) < 4.78 is 53.2. The van der Waals surface area contributed by atoms with Gasteiger partial charge in [-0.3, -0.25) is 0 Å². The summed E-state index contributed by atoms with van der Waals surface area (Å²) >= 11 is 0. The van der Waals surface area contributed by atoms with Crippen molar-refractivity contribution in [2.45, 2.75) is 6.40 Å². The minimum atomic E-state index is -1.22. The van der Waals surface area contributed by atoms with Gasteiger partial charge in [-0.25, -0.2) is 0 Å². The Morgan fingerprint density at radius 2 is 2.30 bits per heavy atom. The average molecular weight is 136 g/mol. The van der Waals surface area contributed by atoms with Crippen molar-refractivity contribution in [3.63, 3.8) is 0 Å².